The van der Waals surface area contributed by atoms with Gasteiger partial charge < -0.3 is 15.4 Å². The largest absolute Gasteiger partial charge is 0.493 e. The van der Waals surface area contributed by atoms with Crippen LogP contribution in [0.3, 0.4) is 0 Å². The molecular weight excluding hydrogens is 263 g/mol. The van der Waals surface area contributed by atoms with E-state index in [4.69, 9.17) is 33.7 Å². The third-order valence-corrected chi connectivity index (χ3v) is 3.38. The maximum atomic E-state index is 10.8. The third kappa shape index (κ3) is 2.96. The van der Waals surface area contributed by atoms with E-state index in [1.807, 2.05) is 0 Å². The quantitative estimate of drug-likeness (QED) is 0.920. The van der Waals surface area contributed by atoms with Crippen LogP contribution in [0.4, 0.5) is 4.79 Å². The Balaban J connectivity index is 1.79. The molecule has 0 aliphatic carbocycles. The fourth-order valence-electron chi connectivity index (χ4n) is 1.64. The Hall–Kier alpha value is -1.13. The first-order valence-electron chi connectivity index (χ1n) is 5.18. The van der Waals surface area contributed by atoms with Crippen LogP contribution in [0, 0.1) is 5.92 Å². The lowest BCUT2D eigenvalue weighted by molar-refractivity contribution is 0.0903. The highest BCUT2D eigenvalue weighted by Crippen LogP contribution is 2.27. The van der Waals surface area contributed by atoms with E-state index in [0.717, 1.165) is 0 Å². The van der Waals surface area contributed by atoms with Crippen LogP contribution >= 0.6 is 23.2 Å². The lowest BCUT2D eigenvalue weighted by Gasteiger charge is -2.37. The number of ether oxygens (including phenoxy) is 1. The van der Waals surface area contributed by atoms with Gasteiger partial charge in [0.1, 0.15) is 5.75 Å². The molecule has 2 N–H and O–H groups in total. The number of carbonyl (C=O) groups is 1. The summed E-state index contributed by atoms with van der Waals surface area (Å²) in [6, 6.07) is 4.75. The molecular formula is C11H12Cl2N2O2. The molecule has 0 bridgehead atoms. The summed E-state index contributed by atoms with van der Waals surface area (Å²) < 4.78 is 5.55. The Morgan fingerprint density at radius 1 is 1.41 bits per heavy atom. The van der Waals surface area contributed by atoms with Crippen molar-refractivity contribution in [1.82, 2.24) is 4.90 Å². The van der Waals surface area contributed by atoms with E-state index in [1.165, 1.54) is 0 Å². The van der Waals surface area contributed by atoms with Crippen molar-refractivity contribution in [3.8, 4) is 5.75 Å². The summed E-state index contributed by atoms with van der Waals surface area (Å²) in [5, 5.41) is 0.971. The molecule has 0 spiro atoms. The van der Waals surface area contributed by atoms with Crippen LogP contribution in [0.5, 0.6) is 5.75 Å². The lowest BCUT2D eigenvalue weighted by Crippen LogP contribution is -2.54. The van der Waals surface area contributed by atoms with Gasteiger partial charge in [-0.25, -0.2) is 4.79 Å². The standard InChI is InChI=1S/C11H12Cl2N2O2/c12-9-2-1-8(3-10(9)13)17-6-7-4-15(5-7)11(14)16/h1-3,7H,4-6H2,(H2,14,16). The number of hydrogen-bond donors (Lipinski definition) is 1. The molecule has 1 heterocycles. The number of benzene rings is 1. The number of urea groups is 1. The van der Waals surface area contributed by atoms with Crippen molar-refractivity contribution in [2.75, 3.05) is 19.7 Å². The predicted octanol–water partition coefficient (Wildman–Crippen LogP) is 2.38. The van der Waals surface area contributed by atoms with Crippen LogP contribution in [-0.2, 0) is 0 Å². The van der Waals surface area contributed by atoms with Crippen molar-refractivity contribution in [3.63, 3.8) is 0 Å². The molecule has 2 rings (SSSR count). The molecule has 1 aliphatic heterocycles. The molecule has 0 atom stereocenters. The highest BCUT2D eigenvalue weighted by Gasteiger charge is 2.29. The van der Waals surface area contributed by atoms with Gasteiger partial charge >= 0.3 is 6.03 Å². The predicted molar refractivity (Wildman–Crippen MR) is 66.6 cm³/mol. The van der Waals surface area contributed by atoms with Crippen molar-refractivity contribution in [3.05, 3.63) is 28.2 Å². The Morgan fingerprint density at radius 2 is 2.12 bits per heavy atom. The van der Waals surface area contributed by atoms with Crippen molar-refractivity contribution < 1.29 is 9.53 Å². The lowest BCUT2D eigenvalue weighted by atomic mass is 10.0. The van der Waals surface area contributed by atoms with Crippen molar-refractivity contribution in [2.45, 2.75) is 0 Å². The van der Waals surface area contributed by atoms with Gasteiger partial charge in [-0.15, -0.1) is 0 Å². The summed E-state index contributed by atoms with van der Waals surface area (Å²) in [6.07, 6.45) is 0. The number of primary amides is 1. The van der Waals surface area contributed by atoms with Gasteiger partial charge in [0, 0.05) is 25.1 Å². The van der Waals surface area contributed by atoms with Crippen LogP contribution in [0.2, 0.25) is 10.0 Å². The molecule has 2 amide bonds. The van der Waals surface area contributed by atoms with E-state index in [2.05, 4.69) is 0 Å². The normalized spacial score (nSPS) is 15.5. The van der Waals surface area contributed by atoms with Crippen LogP contribution in [0.25, 0.3) is 0 Å². The molecule has 6 heteroatoms. The zero-order chi connectivity index (χ0) is 12.4. The second-order valence-electron chi connectivity index (χ2n) is 4.00. The Morgan fingerprint density at radius 3 is 2.71 bits per heavy atom. The average Bonchev–Trinajstić information content (AvgIpc) is 2.20. The van der Waals surface area contributed by atoms with Gasteiger partial charge in [-0.3, -0.25) is 0 Å². The van der Waals surface area contributed by atoms with E-state index in [1.54, 1.807) is 23.1 Å². The van der Waals surface area contributed by atoms with Gasteiger partial charge in [0.2, 0.25) is 0 Å². The molecule has 1 aliphatic rings. The van der Waals surface area contributed by atoms with E-state index in [0.29, 0.717) is 41.4 Å². The van der Waals surface area contributed by atoms with Gasteiger partial charge in [-0.1, -0.05) is 23.2 Å². The number of nitrogens with zero attached hydrogens (tertiary/aromatic N) is 1. The monoisotopic (exact) mass is 274 g/mol. The third-order valence-electron chi connectivity index (χ3n) is 2.65. The molecule has 17 heavy (non-hydrogen) atoms. The zero-order valence-corrected chi connectivity index (χ0v) is 10.5. The van der Waals surface area contributed by atoms with Crippen molar-refractivity contribution >= 4 is 29.2 Å². The molecule has 0 radical (unpaired) electrons. The molecule has 0 aromatic heterocycles. The number of likely N-dealkylation sites (tertiary alicyclic amines) is 1. The summed E-state index contributed by atoms with van der Waals surface area (Å²) in [4.78, 5) is 12.3. The molecule has 1 saturated heterocycles. The van der Waals surface area contributed by atoms with Gasteiger partial charge in [0.25, 0.3) is 0 Å². The first kappa shape index (κ1) is 12.3. The van der Waals surface area contributed by atoms with E-state index >= 15 is 0 Å². The SMILES string of the molecule is NC(=O)N1CC(COc2ccc(Cl)c(Cl)c2)C1. The topological polar surface area (TPSA) is 55.6 Å². The highest BCUT2D eigenvalue weighted by atomic mass is 35.5. The molecule has 1 aromatic carbocycles. The summed E-state index contributed by atoms with van der Waals surface area (Å²) in [6.45, 7) is 1.84. The number of amides is 2. The molecule has 0 saturated carbocycles. The van der Waals surface area contributed by atoms with Gasteiger partial charge in [-0.2, -0.15) is 0 Å². The average molecular weight is 275 g/mol. The minimum absolute atomic E-state index is 0.331. The van der Waals surface area contributed by atoms with Crippen LogP contribution in [-0.4, -0.2) is 30.6 Å². The number of hydrogen-bond acceptors (Lipinski definition) is 2. The first-order chi connectivity index (χ1) is 8.06. The molecule has 0 unspecified atom stereocenters. The van der Waals surface area contributed by atoms with Crippen molar-refractivity contribution in [1.29, 1.82) is 0 Å². The Kier molecular flexibility index (Phi) is 3.64. The van der Waals surface area contributed by atoms with E-state index in [9.17, 15) is 4.79 Å². The maximum Gasteiger partial charge on any atom is 0.314 e. The number of halogens is 2. The van der Waals surface area contributed by atoms with Crippen LogP contribution in [0.15, 0.2) is 18.2 Å². The fraction of sp³-hybridized carbons (Fsp3) is 0.364. The molecule has 1 fully saturated rings. The van der Waals surface area contributed by atoms with Crippen molar-refractivity contribution in [2.24, 2.45) is 11.7 Å². The molecule has 1 aromatic rings. The van der Waals surface area contributed by atoms with Gasteiger partial charge in [-0.05, 0) is 12.1 Å². The van der Waals surface area contributed by atoms with Gasteiger partial charge in [0.15, 0.2) is 0 Å². The minimum Gasteiger partial charge on any atom is -0.493 e. The second kappa shape index (κ2) is 5.02. The summed E-state index contributed by atoms with van der Waals surface area (Å²) in [5.41, 5.74) is 5.12. The molecule has 92 valence electrons. The summed E-state index contributed by atoms with van der Waals surface area (Å²) >= 11 is 11.7. The van der Waals surface area contributed by atoms with Crippen LogP contribution in [0.1, 0.15) is 0 Å². The second-order valence-corrected chi connectivity index (χ2v) is 4.81. The number of rotatable bonds is 3. The number of nitrogens with two attached hydrogens (primary N) is 1. The first-order valence-corrected chi connectivity index (χ1v) is 5.94. The minimum atomic E-state index is -0.379. The van der Waals surface area contributed by atoms with E-state index < -0.39 is 0 Å². The Labute approximate surface area is 109 Å². The Bertz CT molecular complexity index is 433. The highest BCUT2D eigenvalue weighted by molar-refractivity contribution is 6.42. The molecule has 4 nitrogen and oxygen atoms in total. The fourth-order valence-corrected chi connectivity index (χ4v) is 1.92. The zero-order valence-electron chi connectivity index (χ0n) is 9.03. The van der Waals surface area contributed by atoms with Gasteiger partial charge in [0.05, 0.1) is 16.7 Å². The number of carbonyl (C=O) groups excluding carboxylic acids is 1. The summed E-state index contributed by atoms with van der Waals surface area (Å²) in [7, 11) is 0. The van der Waals surface area contributed by atoms with Crippen LogP contribution < -0.4 is 10.5 Å². The summed E-state index contributed by atoms with van der Waals surface area (Å²) in [5.74, 6) is 1.01. The maximum absolute atomic E-state index is 10.8. The smallest absolute Gasteiger partial charge is 0.314 e. The van der Waals surface area contributed by atoms with E-state index in [-0.39, 0.29) is 6.03 Å².